The smallest absolute Gasteiger partial charge is 0.343 e. The van der Waals surface area contributed by atoms with Gasteiger partial charge in [0.25, 0.3) is 0 Å². The highest BCUT2D eigenvalue weighted by Gasteiger charge is 2.84. The number of anilines is 1. The highest BCUT2D eigenvalue weighted by Crippen LogP contribution is 2.74. The number of benzene rings is 2. The van der Waals surface area contributed by atoms with Crippen LogP contribution in [-0.2, 0) is 39.7 Å². The van der Waals surface area contributed by atoms with Crippen LogP contribution in [0, 0.1) is 11.8 Å². The lowest BCUT2D eigenvalue weighted by Gasteiger charge is -2.62. The molecule has 4 unspecified atom stereocenters. The third-order valence-electron chi connectivity index (χ3n) is 16.3. The zero-order valence-corrected chi connectivity index (χ0v) is 44.3. The molecule has 0 amide bonds. The van der Waals surface area contributed by atoms with E-state index in [2.05, 4.69) is 41.4 Å². The van der Waals surface area contributed by atoms with Crippen LogP contribution in [0.15, 0.2) is 77.2 Å². The van der Waals surface area contributed by atoms with Gasteiger partial charge in [0.2, 0.25) is 12.2 Å². The summed E-state index contributed by atoms with van der Waals surface area (Å²) in [6.45, 7) is 19.4. The number of aromatic nitrogens is 3. The fourth-order valence-corrected chi connectivity index (χ4v) is 12.7. The normalized spacial score (nSPS) is 32.8. The Labute approximate surface area is 435 Å². The predicted molar refractivity (Wildman–Crippen MR) is 272 cm³/mol. The molecule has 9 aliphatic rings. The van der Waals surface area contributed by atoms with E-state index in [0.717, 1.165) is 12.0 Å². The molecule has 3 saturated heterocycles. The Hall–Kier alpha value is -6.15. The first kappa shape index (κ1) is 51.0. The van der Waals surface area contributed by atoms with E-state index in [9.17, 15) is 19.8 Å². The highest BCUT2D eigenvalue weighted by atomic mass is 16.8. The van der Waals surface area contributed by atoms with Crippen molar-refractivity contribution in [1.82, 2.24) is 14.8 Å². The molecule has 0 radical (unpaired) electrons. The van der Waals surface area contributed by atoms with Gasteiger partial charge in [0.15, 0.2) is 28.5 Å². The minimum Gasteiger partial charge on any atom is -0.482 e. The molecule has 6 fully saturated rings. The molecule has 11 atom stereocenters. The fraction of sp³-hybridized carbons (Fsp3) is 0.526. The second kappa shape index (κ2) is 18.0. The molecular weight excluding hydrogens is 965 g/mol. The number of Topliss-reactive ketones (excluding diaryl/α,β-unsaturated/α-hetero) is 1. The van der Waals surface area contributed by atoms with Crippen LogP contribution in [-0.4, -0.2) is 115 Å². The first-order chi connectivity index (χ1) is 35.5. The number of carbonyl (C=O) groups excluding carboxylic acids is 3. The van der Waals surface area contributed by atoms with Crippen LogP contribution in [0.4, 0.5) is 5.95 Å². The topological polar surface area (TPSA) is 217 Å². The predicted octanol–water partition coefficient (Wildman–Crippen LogP) is 7.68. The molecule has 7 heterocycles. The van der Waals surface area contributed by atoms with Gasteiger partial charge in [-0.15, -0.1) is 0 Å². The Morgan fingerprint density at radius 1 is 0.960 bits per heavy atom. The minimum absolute atomic E-state index is 0.00158. The van der Waals surface area contributed by atoms with Gasteiger partial charge in [-0.1, -0.05) is 29.4 Å². The first-order valence-corrected chi connectivity index (χ1v) is 25.8. The zero-order valence-electron chi connectivity index (χ0n) is 44.3. The van der Waals surface area contributed by atoms with Gasteiger partial charge in [-0.05, 0) is 131 Å². The largest absolute Gasteiger partial charge is 0.482 e. The monoisotopic (exact) mass is 1030 g/mol. The summed E-state index contributed by atoms with van der Waals surface area (Å²) in [5.74, 6) is -1.80. The van der Waals surface area contributed by atoms with Crippen molar-refractivity contribution in [1.29, 1.82) is 0 Å². The number of hydrogen-bond donors (Lipinski definition) is 3. The van der Waals surface area contributed by atoms with Crippen molar-refractivity contribution in [3.05, 3.63) is 99.4 Å². The van der Waals surface area contributed by atoms with Gasteiger partial charge >= 0.3 is 11.9 Å². The number of ketones is 1. The molecule has 1 spiro atoms. The maximum Gasteiger partial charge on any atom is 0.343 e. The maximum absolute atomic E-state index is 15.7. The third-order valence-corrected chi connectivity index (χ3v) is 16.3. The van der Waals surface area contributed by atoms with Gasteiger partial charge in [0, 0.05) is 35.0 Å². The second-order valence-electron chi connectivity index (χ2n) is 22.8. The molecule has 1 aromatic heterocycles. The van der Waals surface area contributed by atoms with E-state index in [1.807, 2.05) is 46.8 Å². The van der Waals surface area contributed by atoms with E-state index in [-0.39, 0.29) is 35.9 Å². The van der Waals surface area contributed by atoms with Gasteiger partial charge in [0.05, 0.1) is 47.7 Å². The number of aliphatic hydroxyl groups excluding tert-OH is 2. The molecule has 3 N–H and O–H groups in total. The molecule has 3 saturated carbocycles. The van der Waals surface area contributed by atoms with Crippen LogP contribution in [0.2, 0.25) is 0 Å². The lowest BCUT2D eigenvalue weighted by atomic mass is 9.47. The average Bonchev–Trinajstić information content (AvgIpc) is 4.09. The van der Waals surface area contributed by atoms with Crippen molar-refractivity contribution in [3.8, 4) is 23.0 Å². The van der Waals surface area contributed by atoms with Crippen molar-refractivity contribution in [3.63, 3.8) is 0 Å². The maximum atomic E-state index is 15.7. The van der Waals surface area contributed by atoms with Gasteiger partial charge in [-0.25, -0.2) is 14.3 Å². The number of methoxy groups -OCH3 is 1. The summed E-state index contributed by atoms with van der Waals surface area (Å²) in [6, 6.07) is 5.53. The molecule has 6 aliphatic heterocycles. The van der Waals surface area contributed by atoms with E-state index < -0.39 is 88.7 Å². The van der Waals surface area contributed by atoms with Crippen LogP contribution in [0.3, 0.4) is 0 Å². The number of esters is 2. The third kappa shape index (κ3) is 7.99. The molecule has 3 aliphatic carbocycles. The standard InChI is InChI=1S/C57H66N4O14/c1-28(2)13-12-22-55(10)23-21-34-44(73-55)33(19-14-29(3)4)46-38(45(34)71-50(66)31-15-17-32(18-16-31)69-51-43(63)42(62)47-36(70-51)26-68-54(8,9)72-47)40-39-41(61-52(60-40)58-27-59-61)35-25-37-53(6,7)75-56(48(35)64,57(37,39)74-46)24-20-30(5)49(65)67-11/h13-18,20-21,23,27,35-37,41-43,47,51,62-63H,12,19,22,24-26H2,1-11H3,(H,58,59,60)/b30-20-/t35-,36+,37+,41?,42+,43+,47+,51+,55?,56?,57?/m0/s1. The Kier molecular flexibility index (Phi) is 12.2. The number of allylic oxidation sites excluding steroid dienone is 4. The van der Waals surface area contributed by atoms with Crippen molar-refractivity contribution in [2.75, 3.05) is 19.0 Å². The molecule has 18 nitrogen and oxygen atoms in total. The SMILES string of the molecule is COC(=O)/C(C)=C\CC12OC(C)(C)[C@H]3C[C@H](C1=O)C1C4=C(Nc5ncnn51)c1c(OC(=O)c5ccc(O[C@@H]6O[C@@H]7COC(C)(C)O[C@H]7[C@H](O)[C@H]6O)cc5)c5c(c(CC=C(C)C)c1OC432)OC(C)(CCC=C(C)C)C=C5. The Bertz CT molecular complexity index is 3050. The second-order valence-corrected chi connectivity index (χ2v) is 22.8. The molecule has 398 valence electrons. The van der Waals surface area contributed by atoms with Crippen molar-refractivity contribution < 1.29 is 67.2 Å². The van der Waals surface area contributed by atoms with E-state index in [4.69, 9.17) is 42.6 Å². The number of nitrogens with one attached hydrogen (secondary N) is 1. The zero-order chi connectivity index (χ0) is 53.3. The number of rotatable bonds is 12. The number of nitrogens with zero attached hydrogens (tertiary/aromatic N) is 3. The van der Waals surface area contributed by atoms with Crippen LogP contribution in [0.1, 0.15) is 128 Å². The van der Waals surface area contributed by atoms with Crippen molar-refractivity contribution in [2.24, 2.45) is 11.8 Å². The molecule has 12 rings (SSSR count). The Morgan fingerprint density at radius 2 is 1.71 bits per heavy atom. The van der Waals surface area contributed by atoms with Crippen LogP contribution in [0.25, 0.3) is 11.8 Å². The van der Waals surface area contributed by atoms with Crippen molar-refractivity contribution >= 4 is 35.4 Å². The average molecular weight is 1030 g/mol. The Balaban J connectivity index is 1.06. The summed E-state index contributed by atoms with van der Waals surface area (Å²) in [5.41, 5.74) is 0.762. The lowest BCUT2D eigenvalue weighted by Crippen LogP contribution is -2.75. The summed E-state index contributed by atoms with van der Waals surface area (Å²) in [7, 11) is 1.32. The van der Waals surface area contributed by atoms with E-state index in [1.165, 1.54) is 31.1 Å². The quantitative estimate of drug-likeness (QED) is 0.0686. The van der Waals surface area contributed by atoms with Gasteiger partial charge in [-0.2, -0.15) is 10.1 Å². The highest BCUT2D eigenvalue weighted by molar-refractivity contribution is 6.03. The Morgan fingerprint density at radius 3 is 2.43 bits per heavy atom. The fourth-order valence-electron chi connectivity index (χ4n) is 12.7. The number of fused-ring (bicyclic) bond motifs is 5. The molecule has 3 aromatic rings. The number of carbonyl (C=O) groups is 3. The lowest BCUT2D eigenvalue weighted by molar-refractivity contribution is -0.373. The molecule has 18 heteroatoms. The summed E-state index contributed by atoms with van der Waals surface area (Å²) in [5, 5.41) is 30.4. The number of aliphatic hydroxyl groups is 2. The summed E-state index contributed by atoms with van der Waals surface area (Å²) < 4.78 is 59.6. The molecule has 2 aromatic carbocycles. The van der Waals surface area contributed by atoms with Gasteiger partial charge in [0.1, 0.15) is 53.6 Å². The van der Waals surface area contributed by atoms with Gasteiger partial charge in [-0.3, -0.25) is 4.79 Å². The van der Waals surface area contributed by atoms with E-state index >= 15 is 4.79 Å². The summed E-state index contributed by atoms with van der Waals surface area (Å²) >= 11 is 0. The first-order valence-electron chi connectivity index (χ1n) is 25.8. The van der Waals surface area contributed by atoms with Gasteiger partial charge < -0.3 is 58.2 Å². The van der Waals surface area contributed by atoms with Crippen molar-refractivity contribution in [2.45, 2.75) is 166 Å². The summed E-state index contributed by atoms with van der Waals surface area (Å²) in [6.07, 6.45) is 7.93. The van der Waals surface area contributed by atoms with Crippen LogP contribution >= 0.6 is 0 Å². The molecular formula is C57H66N4O14. The summed E-state index contributed by atoms with van der Waals surface area (Å²) in [4.78, 5) is 48.2. The minimum atomic E-state index is -1.63. The number of hydrogen-bond acceptors (Lipinski definition) is 17. The van der Waals surface area contributed by atoms with Crippen LogP contribution < -0.4 is 24.3 Å². The molecule has 75 heavy (non-hydrogen) atoms. The van der Waals surface area contributed by atoms with Crippen LogP contribution in [0.5, 0.6) is 23.0 Å². The molecule has 4 bridgehead atoms. The van der Waals surface area contributed by atoms with E-state index in [1.54, 1.807) is 43.7 Å². The van der Waals surface area contributed by atoms with E-state index in [0.29, 0.717) is 70.2 Å². The number of ether oxygens (including phenoxy) is 9.